The molecule has 2 aromatic rings. The van der Waals surface area contributed by atoms with E-state index in [1.54, 1.807) is 11.3 Å². The lowest BCUT2D eigenvalue weighted by Gasteiger charge is -2.44. The van der Waals surface area contributed by atoms with E-state index in [1.807, 2.05) is 30.3 Å². The van der Waals surface area contributed by atoms with Crippen LogP contribution in [0.25, 0.3) is 0 Å². The van der Waals surface area contributed by atoms with Crippen LogP contribution in [-0.4, -0.2) is 28.8 Å². The van der Waals surface area contributed by atoms with Gasteiger partial charge in [-0.2, -0.15) is 0 Å². The third kappa shape index (κ3) is 3.39. The zero-order valence-corrected chi connectivity index (χ0v) is 17.5. The maximum Gasteiger partial charge on any atom is 0.254 e. The number of hydrogen-bond donors (Lipinski definition) is 1. The highest BCUT2D eigenvalue weighted by molar-refractivity contribution is 7.10. The zero-order valence-electron chi connectivity index (χ0n) is 16.7. The van der Waals surface area contributed by atoms with Gasteiger partial charge in [0.1, 0.15) is 0 Å². The van der Waals surface area contributed by atoms with E-state index in [4.69, 9.17) is 0 Å². The van der Waals surface area contributed by atoms with Crippen LogP contribution in [0.1, 0.15) is 84.1 Å². The number of hydrogen-bond acceptors (Lipinski definition) is 3. The van der Waals surface area contributed by atoms with E-state index in [0.717, 1.165) is 49.0 Å². The Morgan fingerprint density at radius 1 is 0.966 bits per heavy atom. The van der Waals surface area contributed by atoms with Crippen molar-refractivity contribution in [2.45, 2.75) is 75.4 Å². The SMILES string of the molecule is O=C(NC1CCCC1)C1c2ccccc2C(=O)N(C2CCCC2)C1c1cccs1. The van der Waals surface area contributed by atoms with E-state index in [9.17, 15) is 9.59 Å². The van der Waals surface area contributed by atoms with Crippen molar-refractivity contribution in [3.05, 3.63) is 57.8 Å². The molecule has 0 bridgehead atoms. The van der Waals surface area contributed by atoms with Gasteiger partial charge in [-0.3, -0.25) is 9.59 Å². The fraction of sp³-hybridized carbons (Fsp3) is 0.500. The first-order chi connectivity index (χ1) is 14.2. The van der Waals surface area contributed by atoms with Crippen molar-refractivity contribution in [1.29, 1.82) is 0 Å². The van der Waals surface area contributed by atoms with Crippen molar-refractivity contribution in [3.8, 4) is 0 Å². The first-order valence-electron chi connectivity index (χ1n) is 11.0. The Hall–Kier alpha value is -2.14. The first kappa shape index (κ1) is 18.9. The number of fused-ring (bicyclic) bond motifs is 1. The van der Waals surface area contributed by atoms with Gasteiger partial charge in [0.15, 0.2) is 0 Å². The van der Waals surface area contributed by atoms with Crippen molar-refractivity contribution < 1.29 is 9.59 Å². The standard InChI is InChI=1S/C24H28N2O2S/c27-23(25-16-8-1-2-9-16)21-18-12-5-6-13-19(18)24(28)26(17-10-3-4-11-17)22(21)20-14-7-15-29-20/h5-7,12-17,21-22H,1-4,8-11H2,(H,25,27). The van der Waals surface area contributed by atoms with E-state index in [0.29, 0.717) is 5.56 Å². The van der Waals surface area contributed by atoms with E-state index in [2.05, 4.69) is 21.7 Å². The molecule has 1 aliphatic heterocycles. The maximum absolute atomic E-state index is 13.6. The summed E-state index contributed by atoms with van der Waals surface area (Å²) >= 11 is 1.66. The van der Waals surface area contributed by atoms with Gasteiger partial charge >= 0.3 is 0 Å². The largest absolute Gasteiger partial charge is 0.353 e. The van der Waals surface area contributed by atoms with Crippen LogP contribution in [0.2, 0.25) is 0 Å². The van der Waals surface area contributed by atoms with Crippen LogP contribution in [0, 0.1) is 0 Å². The third-order valence-corrected chi connectivity index (χ3v) is 7.86. The quantitative estimate of drug-likeness (QED) is 0.771. The first-order valence-corrected chi connectivity index (χ1v) is 11.9. The molecule has 0 saturated heterocycles. The summed E-state index contributed by atoms with van der Waals surface area (Å²) in [5.41, 5.74) is 1.60. The molecule has 29 heavy (non-hydrogen) atoms. The smallest absolute Gasteiger partial charge is 0.254 e. The topological polar surface area (TPSA) is 49.4 Å². The number of carbonyl (C=O) groups excluding carboxylic acids is 2. The molecule has 2 aliphatic carbocycles. The minimum atomic E-state index is -0.344. The molecule has 2 heterocycles. The average molecular weight is 409 g/mol. The molecule has 1 aromatic carbocycles. The molecule has 0 radical (unpaired) electrons. The lowest BCUT2D eigenvalue weighted by Crippen LogP contribution is -2.51. The average Bonchev–Trinajstić information content (AvgIpc) is 3.50. The van der Waals surface area contributed by atoms with Crippen LogP contribution in [0.5, 0.6) is 0 Å². The number of nitrogens with one attached hydrogen (secondary N) is 1. The second-order valence-electron chi connectivity index (χ2n) is 8.67. The minimum absolute atomic E-state index is 0.0817. The van der Waals surface area contributed by atoms with Gasteiger partial charge in [0.2, 0.25) is 5.91 Å². The summed E-state index contributed by atoms with van der Waals surface area (Å²) in [6.07, 6.45) is 8.89. The number of benzene rings is 1. The van der Waals surface area contributed by atoms with E-state index in [-0.39, 0.29) is 35.9 Å². The highest BCUT2D eigenvalue weighted by Gasteiger charge is 2.47. The van der Waals surface area contributed by atoms with Crippen LogP contribution in [0.4, 0.5) is 0 Å². The predicted molar refractivity (Wildman–Crippen MR) is 115 cm³/mol. The number of amides is 2. The number of rotatable bonds is 4. The second kappa shape index (κ2) is 7.94. The summed E-state index contributed by atoms with van der Waals surface area (Å²) in [6, 6.07) is 12.2. The van der Waals surface area contributed by atoms with E-state index in [1.165, 1.54) is 12.8 Å². The molecular formula is C24H28N2O2S. The molecule has 2 atom stereocenters. The zero-order chi connectivity index (χ0) is 19.8. The molecule has 152 valence electrons. The highest BCUT2D eigenvalue weighted by Crippen LogP contribution is 2.47. The number of thiophene rings is 1. The highest BCUT2D eigenvalue weighted by atomic mass is 32.1. The molecule has 2 unspecified atom stereocenters. The Labute approximate surface area is 176 Å². The summed E-state index contributed by atoms with van der Waals surface area (Å²) in [7, 11) is 0. The molecule has 1 aromatic heterocycles. The second-order valence-corrected chi connectivity index (χ2v) is 9.65. The van der Waals surface area contributed by atoms with Crippen LogP contribution >= 0.6 is 11.3 Å². The predicted octanol–water partition coefficient (Wildman–Crippen LogP) is 5.03. The van der Waals surface area contributed by atoms with Gasteiger partial charge in [0, 0.05) is 22.5 Å². The van der Waals surface area contributed by atoms with Crippen LogP contribution in [0.3, 0.4) is 0 Å². The van der Waals surface area contributed by atoms with Crippen LogP contribution < -0.4 is 5.32 Å². The van der Waals surface area contributed by atoms with Gasteiger partial charge in [-0.25, -0.2) is 0 Å². The van der Waals surface area contributed by atoms with Gasteiger partial charge < -0.3 is 10.2 Å². The molecule has 2 amide bonds. The molecule has 3 aliphatic rings. The molecule has 1 N–H and O–H groups in total. The Bertz CT molecular complexity index is 882. The summed E-state index contributed by atoms with van der Waals surface area (Å²) in [6.45, 7) is 0. The molecule has 4 nitrogen and oxygen atoms in total. The summed E-state index contributed by atoms with van der Waals surface area (Å²) in [4.78, 5) is 30.5. The van der Waals surface area contributed by atoms with Gasteiger partial charge in [0.25, 0.3) is 5.91 Å². The minimum Gasteiger partial charge on any atom is -0.353 e. The Morgan fingerprint density at radius 2 is 1.69 bits per heavy atom. The van der Waals surface area contributed by atoms with Crippen molar-refractivity contribution in [3.63, 3.8) is 0 Å². The third-order valence-electron chi connectivity index (χ3n) is 6.91. The molecule has 2 saturated carbocycles. The van der Waals surface area contributed by atoms with Crippen LogP contribution in [0.15, 0.2) is 41.8 Å². The number of nitrogens with zero attached hydrogens (tertiary/aromatic N) is 1. The molecule has 2 fully saturated rings. The van der Waals surface area contributed by atoms with Gasteiger partial charge in [0.05, 0.1) is 12.0 Å². The van der Waals surface area contributed by atoms with Crippen molar-refractivity contribution in [2.24, 2.45) is 0 Å². The molecule has 5 rings (SSSR count). The van der Waals surface area contributed by atoms with Gasteiger partial charge in [-0.1, -0.05) is 49.9 Å². The maximum atomic E-state index is 13.6. The summed E-state index contributed by atoms with van der Waals surface area (Å²) in [5.74, 6) is -0.169. The number of carbonyl (C=O) groups is 2. The van der Waals surface area contributed by atoms with E-state index < -0.39 is 0 Å². The summed E-state index contributed by atoms with van der Waals surface area (Å²) < 4.78 is 0. The molecule has 5 heteroatoms. The summed E-state index contributed by atoms with van der Waals surface area (Å²) in [5, 5.41) is 5.39. The Balaban J connectivity index is 1.60. The Kier molecular flexibility index (Phi) is 5.17. The van der Waals surface area contributed by atoms with Gasteiger partial charge in [-0.05, 0) is 48.8 Å². The van der Waals surface area contributed by atoms with Crippen LogP contribution in [-0.2, 0) is 4.79 Å². The Morgan fingerprint density at radius 3 is 2.41 bits per heavy atom. The normalized spacial score (nSPS) is 25.4. The fourth-order valence-electron chi connectivity index (χ4n) is 5.54. The monoisotopic (exact) mass is 408 g/mol. The van der Waals surface area contributed by atoms with Crippen molar-refractivity contribution in [1.82, 2.24) is 10.2 Å². The van der Waals surface area contributed by atoms with Crippen molar-refractivity contribution in [2.75, 3.05) is 0 Å². The molecule has 0 spiro atoms. The van der Waals surface area contributed by atoms with Gasteiger partial charge in [-0.15, -0.1) is 11.3 Å². The van der Waals surface area contributed by atoms with E-state index >= 15 is 0 Å². The fourth-order valence-corrected chi connectivity index (χ4v) is 6.40. The lowest BCUT2D eigenvalue weighted by molar-refractivity contribution is -0.125. The molecular weight excluding hydrogens is 380 g/mol. The van der Waals surface area contributed by atoms with Crippen molar-refractivity contribution >= 4 is 23.2 Å². The lowest BCUT2D eigenvalue weighted by atomic mass is 9.80.